The quantitative estimate of drug-likeness (QED) is 0.642. The van der Waals surface area contributed by atoms with Gasteiger partial charge in [-0.3, -0.25) is 9.59 Å². The number of hydrogen-bond donors (Lipinski definition) is 1. The lowest BCUT2D eigenvalue weighted by Crippen LogP contribution is -2.48. The Balaban J connectivity index is 1.77. The smallest absolute Gasteiger partial charge is 0.262 e. The summed E-state index contributed by atoms with van der Waals surface area (Å²) in [5, 5.41) is 2.83. The van der Waals surface area contributed by atoms with Gasteiger partial charge in [-0.15, -0.1) is 0 Å². The maximum Gasteiger partial charge on any atom is 0.262 e. The van der Waals surface area contributed by atoms with E-state index in [0.717, 1.165) is 11.6 Å². The number of nitrogens with one attached hydrogen (secondary N) is 1. The monoisotopic (exact) mass is 391 g/mol. The molecule has 3 rings (SSSR count). The minimum atomic E-state index is -0.948. The molecule has 1 amide bonds. The van der Waals surface area contributed by atoms with Crippen molar-refractivity contribution in [2.24, 2.45) is 0 Å². The average Bonchev–Trinajstić information content (AvgIpc) is 2.56. The number of fused-ring (bicyclic) bond motifs is 1. The Morgan fingerprint density at radius 3 is 2.71 bits per heavy atom. The summed E-state index contributed by atoms with van der Waals surface area (Å²) >= 11 is 3.49. The highest BCUT2D eigenvalue weighted by molar-refractivity contribution is 9.09. The van der Waals surface area contributed by atoms with E-state index in [1.54, 1.807) is 6.92 Å². The highest BCUT2D eigenvalue weighted by Crippen LogP contribution is 2.31. The van der Waals surface area contributed by atoms with Gasteiger partial charge in [-0.2, -0.15) is 0 Å². The summed E-state index contributed by atoms with van der Waals surface area (Å²) in [6.07, 6.45) is -1.07. The Labute approximate surface area is 147 Å². The third kappa shape index (κ3) is 3.33. The lowest BCUT2D eigenvalue weighted by Gasteiger charge is -2.29. The Bertz CT molecular complexity index is 792. The highest BCUT2D eigenvalue weighted by Gasteiger charge is 2.35. The lowest BCUT2D eigenvalue weighted by atomic mass is 9.99. The first-order chi connectivity index (χ1) is 11.4. The van der Waals surface area contributed by atoms with E-state index in [9.17, 15) is 14.0 Å². The maximum absolute atomic E-state index is 13.2. The molecule has 1 heterocycles. The van der Waals surface area contributed by atoms with E-state index in [-0.39, 0.29) is 23.5 Å². The van der Waals surface area contributed by atoms with Gasteiger partial charge < -0.3 is 10.1 Å². The first-order valence-corrected chi connectivity index (χ1v) is 8.22. The lowest BCUT2D eigenvalue weighted by molar-refractivity contribution is -0.129. The zero-order chi connectivity index (χ0) is 17.3. The Hall–Kier alpha value is -2.21. The normalized spacial score (nSPS) is 19.0. The van der Waals surface area contributed by atoms with Crippen LogP contribution in [0.3, 0.4) is 0 Å². The third-order valence-electron chi connectivity index (χ3n) is 3.85. The second-order valence-corrected chi connectivity index (χ2v) is 7.32. The molecule has 0 fully saturated rings. The van der Waals surface area contributed by atoms with Gasteiger partial charge in [-0.25, -0.2) is 4.39 Å². The molecule has 2 aromatic carbocycles. The number of Topliss-reactive ketones (excluding diaryl/α,β-unsaturated/α-hetero) is 1. The fourth-order valence-electron chi connectivity index (χ4n) is 2.58. The molecule has 1 aliphatic rings. The molecule has 2 atom stereocenters. The molecule has 6 heteroatoms. The van der Waals surface area contributed by atoms with E-state index >= 15 is 0 Å². The molecule has 1 unspecified atom stereocenters. The van der Waals surface area contributed by atoms with Crippen LogP contribution in [0.1, 0.15) is 29.3 Å². The van der Waals surface area contributed by atoms with Gasteiger partial charge in [0, 0.05) is 0 Å². The van der Waals surface area contributed by atoms with Gasteiger partial charge >= 0.3 is 0 Å². The van der Waals surface area contributed by atoms with Crippen molar-refractivity contribution >= 4 is 27.6 Å². The first-order valence-electron chi connectivity index (χ1n) is 7.43. The minimum Gasteiger partial charge on any atom is -0.479 e. The number of hydrogen-bond acceptors (Lipinski definition) is 3. The maximum atomic E-state index is 13.2. The SMILES string of the molecule is C[C@](Br)(NC(=O)C1CC(=O)c2cc(F)ccc2O1)c1ccccc1. The molecule has 1 N–H and O–H groups in total. The number of halogens is 2. The summed E-state index contributed by atoms with van der Waals surface area (Å²) in [7, 11) is 0. The molecular formula is C18H15BrFNO3. The molecule has 0 aliphatic carbocycles. The van der Waals surface area contributed by atoms with Gasteiger partial charge in [0.15, 0.2) is 11.9 Å². The predicted octanol–water partition coefficient (Wildman–Crippen LogP) is 3.54. The van der Waals surface area contributed by atoms with E-state index in [2.05, 4.69) is 21.2 Å². The summed E-state index contributed by atoms with van der Waals surface area (Å²) in [6.45, 7) is 1.80. The van der Waals surface area contributed by atoms with Crippen LogP contribution >= 0.6 is 15.9 Å². The number of amides is 1. The Kier molecular flexibility index (Phi) is 4.41. The fourth-order valence-corrected chi connectivity index (χ4v) is 3.04. The van der Waals surface area contributed by atoms with Crippen molar-refractivity contribution in [1.82, 2.24) is 5.32 Å². The van der Waals surface area contributed by atoms with Gasteiger partial charge in [0.05, 0.1) is 12.0 Å². The van der Waals surface area contributed by atoms with Gasteiger partial charge in [-0.1, -0.05) is 46.3 Å². The number of carbonyl (C=O) groups is 2. The van der Waals surface area contributed by atoms with E-state index in [1.165, 1.54) is 12.1 Å². The Morgan fingerprint density at radius 1 is 1.29 bits per heavy atom. The molecule has 0 saturated carbocycles. The molecule has 2 aromatic rings. The summed E-state index contributed by atoms with van der Waals surface area (Å²) in [5.41, 5.74) is 1.03. The topological polar surface area (TPSA) is 55.4 Å². The summed E-state index contributed by atoms with van der Waals surface area (Å²) < 4.78 is 18.0. The molecule has 0 saturated heterocycles. The summed E-state index contributed by atoms with van der Waals surface area (Å²) in [4.78, 5) is 24.7. The van der Waals surface area contributed by atoms with Crippen molar-refractivity contribution in [2.45, 2.75) is 23.9 Å². The van der Waals surface area contributed by atoms with Crippen LogP contribution in [0.4, 0.5) is 4.39 Å². The van der Waals surface area contributed by atoms with Crippen molar-refractivity contribution in [3.8, 4) is 5.75 Å². The van der Waals surface area contributed by atoms with Crippen LogP contribution < -0.4 is 10.1 Å². The van der Waals surface area contributed by atoms with E-state index < -0.39 is 22.3 Å². The number of benzene rings is 2. The van der Waals surface area contributed by atoms with E-state index in [4.69, 9.17) is 4.74 Å². The predicted molar refractivity (Wildman–Crippen MR) is 90.6 cm³/mol. The van der Waals surface area contributed by atoms with Crippen molar-refractivity contribution < 1.29 is 18.7 Å². The molecule has 0 radical (unpaired) electrons. The van der Waals surface area contributed by atoms with Crippen LogP contribution in [0, 0.1) is 5.82 Å². The van der Waals surface area contributed by atoms with Crippen LogP contribution in [-0.4, -0.2) is 17.8 Å². The molecule has 24 heavy (non-hydrogen) atoms. The number of rotatable bonds is 3. The zero-order valence-corrected chi connectivity index (χ0v) is 14.5. The standard InChI is InChI=1S/C18H15BrFNO3/c1-18(19,11-5-3-2-4-6-11)21-17(23)16-10-14(22)13-9-12(20)7-8-15(13)24-16/h2-9,16H,10H2,1H3,(H,21,23)/t16?,18-/m0/s1. The van der Waals surface area contributed by atoms with Crippen LogP contribution in [0.15, 0.2) is 48.5 Å². The fraction of sp³-hybridized carbons (Fsp3) is 0.222. The number of alkyl halides is 1. The number of ketones is 1. The number of ether oxygens (including phenoxy) is 1. The summed E-state index contributed by atoms with van der Waals surface area (Å²) in [6, 6.07) is 13.1. The van der Waals surface area contributed by atoms with Gasteiger partial charge in [0.1, 0.15) is 16.0 Å². The zero-order valence-electron chi connectivity index (χ0n) is 12.9. The highest BCUT2D eigenvalue weighted by atomic mass is 79.9. The Morgan fingerprint density at radius 2 is 2.00 bits per heavy atom. The van der Waals surface area contributed by atoms with Crippen LogP contribution in [0.2, 0.25) is 0 Å². The van der Waals surface area contributed by atoms with E-state index in [1.807, 2.05) is 30.3 Å². The van der Waals surface area contributed by atoms with Gasteiger partial charge in [0.2, 0.25) is 0 Å². The molecule has 124 valence electrons. The molecule has 0 bridgehead atoms. The molecule has 4 nitrogen and oxygen atoms in total. The second-order valence-electron chi connectivity index (χ2n) is 5.73. The second kappa shape index (κ2) is 6.36. The van der Waals surface area contributed by atoms with E-state index in [0.29, 0.717) is 0 Å². The minimum absolute atomic E-state index is 0.125. The van der Waals surface area contributed by atoms with Crippen LogP contribution in [0.5, 0.6) is 5.75 Å². The molecule has 1 aliphatic heterocycles. The van der Waals surface area contributed by atoms with Crippen LogP contribution in [0.25, 0.3) is 0 Å². The molecule has 0 aromatic heterocycles. The van der Waals surface area contributed by atoms with Crippen LogP contribution in [-0.2, 0) is 9.24 Å². The third-order valence-corrected chi connectivity index (χ3v) is 4.50. The summed E-state index contributed by atoms with van der Waals surface area (Å²) in [5.74, 6) is -1.01. The largest absolute Gasteiger partial charge is 0.479 e. The average molecular weight is 392 g/mol. The number of carbonyl (C=O) groups excluding carboxylic acids is 2. The molecule has 0 spiro atoms. The van der Waals surface area contributed by atoms with Gasteiger partial charge in [-0.05, 0) is 30.7 Å². The van der Waals surface area contributed by atoms with Crippen molar-refractivity contribution in [2.75, 3.05) is 0 Å². The first kappa shape index (κ1) is 16.6. The van der Waals surface area contributed by atoms with Gasteiger partial charge in [0.25, 0.3) is 5.91 Å². The molecular weight excluding hydrogens is 377 g/mol. The van der Waals surface area contributed by atoms with Crippen molar-refractivity contribution in [3.05, 3.63) is 65.5 Å². The van der Waals surface area contributed by atoms with Crippen molar-refractivity contribution in [3.63, 3.8) is 0 Å². The van der Waals surface area contributed by atoms with Crippen molar-refractivity contribution in [1.29, 1.82) is 0 Å².